The summed E-state index contributed by atoms with van der Waals surface area (Å²) < 4.78 is 2.01. The zero-order valence-corrected chi connectivity index (χ0v) is 15.6. The molecular formula is C23H27N2O2+. The highest BCUT2D eigenvalue weighted by molar-refractivity contribution is 5.89. The van der Waals surface area contributed by atoms with Gasteiger partial charge in [0.1, 0.15) is 6.61 Å². The number of β-amino-alcohol motifs (C(OH)–C–C–N with tert-alkyl or cyclic N) is 1. The number of aliphatic hydroxyl groups is 2. The number of hydrogen-bond acceptors (Lipinski definition) is 3. The van der Waals surface area contributed by atoms with Crippen LogP contribution in [0.5, 0.6) is 0 Å². The molecule has 1 aromatic rings. The van der Waals surface area contributed by atoms with Crippen LogP contribution in [0, 0.1) is 0 Å². The van der Waals surface area contributed by atoms with Gasteiger partial charge in [-0.3, -0.25) is 0 Å². The molecule has 2 N–H and O–H groups in total. The molecule has 1 aliphatic heterocycles. The van der Waals surface area contributed by atoms with Gasteiger partial charge in [0.05, 0.1) is 6.61 Å². The van der Waals surface area contributed by atoms with E-state index in [1.807, 2.05) is 34.3 Å². The van der Waals surface area contributed by atoms with Gasteiger partial charge in [0, 0.05) is 31.1 Å². The smallest absolute Gasteiger partial charge is 0.171 e. The highest BCUT2D eigenvalue weighted by Crippen LogP contribution is 2.45. The monoisotopic (exact) mass is 363 g/mol. The maximum absolute atomic E-state index is 9.11. The van der Waals surface area contributed by atoms with Crippen molar-refractivity contribution in [1.29, 1.82) is 0 Å². The minimum absolute atomic E-state index is 0.157. The molecule has 0 amide bonds. The molecule has 0 saturated carbocycles. The van der Waals surface area contributed by atoms with Crippen molar-refractivity contribution in [3.8, 4) is 0 Å². The predicted molar refractivity (Wildman–Crippen MR) is 106 cm³/mol. The van der Waals surface area contributed by atoms with E-state index in [9.17, 15) is 0 Å². The topological polar surface area (TPSA) is 47.6 Å². The number of allylic oxidation sites excluding steroid dienone is 8. The van der Waals surface area contributed by atoms with Gasteiger partial charge in [0.15, 0.2) is 18.9 Å². The molecule has 2 heterocycles. The third-order valence-electron chi connectivity index (χ3n) is 5.53. The van der Waals surface area contributed by atoms with E-state index in [1.54, 1.807) is 0 Å². The van der Waals surface area contributed by atoms with Crippen molar-refractivity contribution in [2.45, 2.75) is 32.2 Å². The summed E-state index contributed by atoms with van der Waals surface area (Å²) >= 11 is 0. The Labute approximate surface area is 160 Å². The van der Waals surface area contributed by atoms with Crippen LogP contribution in [-0.2, 0) is 6.54 Å². The summed E-state index contributed by atoms with van der Waals surface area (Å²) in [4.78, 5) is 2.01. The molecular weight excluding hydrogens is 336 g/mol. The number of pyridine rings is 1. The minimum Gasteiger partial charge on any atom is -0.395 e. The van der Waals surface area contributed by atoms with Crippen molar-refractivity contribution in [3.63, 3.8) is 0 Å². The van der Waals surface area contributed by atoms with Gasteiger partial charge in [-0.2, -0.15) is 0 Å². The third kappa shape index (κ3) is 3.68. The lowest BCUT2D eigenvalue weighted by molar-refractivity contribution is -0.698. The second-order valence-electron chi connectivity index (χ2n) is 7.23. The number of hydrogen-bond donors (Lipinski definition) is 2. The van der Waals surface area contributed by atoms with E-state index < -0.39 is 0 Å². The summed E-state index contributed by atoms with van der Waals surface area (Å²) in [5.74, 6) is 0. The van der Waals surface area contributed by atoms with Crippen molar-refractivity contribution in [2.24, 2.45) is 0 Å². The van der Waals surface area contributed by atoms with Gasteiger partial charge in [0.25, 0.3) is 0 Å². The van der Waals surface area contributed by atoms with Crippen molar-refractivity contribution in [1.82, 2.24) is 4.90 Å². The molecule has 27 heavy (non-hydrogen) atoms. The molecule has 4 rings (SSSR count). The first-order valence-electron chi connectivity index (χ1n) is 9.82. The van der Waals surface area contributed by atoms with E-state index >= 15 is 0 Å². The summed E-state index contributed by atoms with van der Waals surface area (Å²) in [6.07, 6.45) is 19.7. The Balaban J connectivity index is 1.69. The van der Waals surface area contributed by atoms with Crippen LogP contribution >= 0.6 is 0 Å². The largest absolute Gasteiger partial charge is 0.395 e. The Morgan fingerprint density at radius 2 is 1.63 bits per heavy atom. The van der Waals surface area contributed by atoms with Crippen LogP contribution < -0.4 is 4.57 Å². The Kier molecular flexibility index (Phi) is 5.37. The van der Waals surface area contributed by atoms with Gasteiger partial charge in [-0.15, -0.1) is 0 Å². The van der Waals surface area contributed by atoms with E-state index in [0.717, 1.165) is 12.8 Å². The standard InChI is InChI=1S/C23H27N2O2/c26-15-13-24-9-5-18(6-10-24)22-17-23(21-4-2-1-3-20(21)22)19-7-11-25(12-8-19)14-16-27/h5-12,17,26-27H,1-4,13-16H2/q+1. The summed E-state index contributed by atoms with van der Waals surface area (Å²) in [6, 6.07) is 4.31. The molecule has 0 fully saturated rings. The van der Waals surface area contributed by atoms with E-state index in [0.29, 0.717) is 13.1 Å². The molecule has 140 valence electrons. The summed E-state index contributed by atoms with van der Waals surface area (Å²) in [5.41, 5.74) is 8.21. The molecule has 0 atom stereocenters. The lowest BCUT2D eigenvalue weighted by Gasteiger charge is -2.20. The Morgan fingerprint density at radius 3 is 2.30 bits per heavy atom. The second-order valence-corrected chi connectivity index (χ2v) is 7.23. The van der Waals surface area contributed by atoms with Crippen LogP contribution in [0.15, 0.2) is 77.4 Å². The summed E-state index contributed by atoms with van der Waals surface area (Å²) in [7, 11) is 0. The molecule has 0 saturated heterocycles. The highest BCUT2D eigenvalue weighted by atomic mass is 16.3. The van der Waals surface area contributed by atoms with E-state index in [-0.39, 0.29) is 13.2 Å². The molecule has 1 aromatic heterocycles. The van der Waals surface area contributed by atoms with Gasteiger partial charge in [0.2, 0.25) is 0 Å². The van der Waals surface area contributed by atoms with Crippen molar-refractivity contribution >= 4 is 5.57 Å². The van der Waals surface area contributed by atoms with Gasteiger partial charge in [-0.05, 0) is 77.3 Å². The Hall–Kier alpha value is -2.43. The van der Waals surface area contributed by atoms with Gasteiger partial charge >= 0.3 is 0 Å². The van der Waals surface area contributed by atoms with Crippen LogP contribution in [0.2, 0.25) is 0 Å². The zero-order valence-electron chi connectivity index (χ0n) is 15.6. The maximum Gasteiger partial charge on any atom is 0.171 e. The first-order chi connectivity index (χ1) is 13.3. The number of nitrogens with zero attached hydrogens (tertiary/aromatic N) is 2. The fourth-order valence-electron chi connectivity index (χ4n) is 4.14. The normalized spacial score (nSPS) is 19.0. The van der Waals surface area contributed by atoms with Gasteiger partial charge < -0.3 is 15.1 Å². The maximum atomic E-state index is 9.11. The predicted octanol–water partition coefficient (Wildman–Crippen LogP) is 2.87. The molecule has 0 spiro atoms. The van der Waals surface area contributed by atoms with Crippen LogP contribution in [0.1, 0.15) is 31.2 Å². The number of aliphatic hydroxyl groups excluding tert-OH is 2. The fraction of sp³-hybridized carbons (Fsp3) is 0.348. The zero-order chi connectivity index (χ0) is 18.6. The van der Waals surface area contributed by atoms with Crippen molar-refractivity contribution in [2.75, 3.05) is 19.8 Å². The van der Waals surface area contributed by atoms with Gasteiger partial charge in [-0.25, -0.2) is 4.57 Å². The molecule has 2 aliphatic carbocycles. The van der Waals surface area contributed by atoms with Crippen LogP contribution in [0.3, 0.4) is 0 Å². The van der Waals surface area contributed by atoms with Crippen molar-refractivity contribution < 1.29 is 14.8 Å². The molecule has 0 unspecified atom stereocenters. The van der Waals surface area contributed by atoms with Crippen LogP contribution in [0.4, 0.5) is 0 Å². The average Bonchev–Trinajstić information content (AvgIpc) is 3.10. The molecule has 0 radical (unpaired) electrons. The molecule has 0 bridgehead atoms. The van der Waals surface area contributed by atoms with Gasteiger partial charge in [-0.1, -0.05) is 0 Å². The molecule has 4 nitrogen and oxygen atoms in total. The molecule has 3 aliphatic rings. The van der Waals surface area contributed by atoms with E-state index in [4.69, 9.17) is 10.2 Å². The lowest BCUT2D eigenvalue weighted by Crippen LogP contribution is -2.34. The SMILES string of the molecule is OCCN1C=CC(=C2C=C(c3cc[n+](CCO)cc3)C3=C2CCCC3)C=C1. The Bertz CT molecular complexity index is 841. The number of aromatic nitrogens is 1. The van der Waals surface area contributed by atoms with E-state index in [2.05, 4.69) is 30.4 Å². The second kappa shape index (κ2) is 8.07. The minimum atomic E-state index is 0.157. The van der Waals surface area contributed by atoms with Crippen molar-refractivity contribution in [3.05, 3.63) is 83.0 Å². The first-order valence-corrected chi connectivity index (χ1v) is 9.82. The number of rotatable bonds is 5. The quantitative estimate of drug-likeness (QED) is 0.791. The average molecular weight is 363 g/mol. The third-order valence-corrected chi connectivity index (χ3v) is 5.53. The highest BCUT2D eigenvalue weighted by Gasteiger charge is 2.26. The summed E-state index contributed by atoms with van der Waals surface area (Å²) in [6.45, 7) is 1.57. The van der Waals surface area contributed by atoms with Crippen LogP contribution in [-0.4, -0.2) is 34.9 Å². The molecule has 4 heteroatoms. The Morgan fingerprint density at radius 1 is 0.926 bits per heavy atom. The lowest BCUT2D eigenvalue weighted by atomic mass is 9.87. The van der Waals surface area contributed by atoms with Crippen LogP contribution in [0.25, 0.3) is 5.57 Å². The van der Waals surface area contributed by atoms with E-state index in [1.165, 1.54) is 46.3 Å². The summed E-state index contributed by atoms with van der Waals surface area (Å²) in [5, 5.41) is 18.2. The molecule has 0 aromatic carbocycles. The fourth-order valence-corrected chi connectivity index (χ4v) is 4.14. The first kappa shape index (κ1) is 18.0.